The van der Waals surface area contributed by atoms with Crippen LogP contribution in [0.25, 0.3) is 16.9 Å². The molecule has 3 rings (SSSR count). The number of halogens is 3. The van der Waals surface area contributed by atoms with Crippen molar-refractivity contribution >= 4 is 28.3 Å². The molecular weight excluding hydrogens is 551 g/mol. The number of guanidine groups is 1. The van der Waals surface area contributed by atoms with Gasteiger partial charge in [0.05, 0.1) is 16.3 Å². The Morgan fingerprint density at radius 1 is 1.12 bits per heavy atom. The Morgan fingerprint density at radius 3 is 2.35 bits per heavy atom. The van der Waals surface area contributed by atoms with Crippen molar-refractivity contribution in [2.45, 2.75) is 43.3 Å². The maximum absolute atomic E-state index is 13.4. The summed E-state index contributed by atoms with van der Waals surface area (Å²) in [5.41, 5.74) is 5.78. The lowest BCUT2D eigenvalue weighted by atomic mass is 10.1. The van der Waals surface area contributed by atoms with Gasteiger partial charge in [0.2, 0.25) is 6.41 Å². The third-order valence-electron chi connectivity index (χ3n) is 5.79. The first-order chi connectivity index (χ1) is 18.8. The van der Waals surface area contributed by atoms with E-state index >= 15 is 0 Å². The smallest absolute Gasteiger partial charge is 0.370 e. The van der Waals surface area contributed by atoms with Crippen molar-refractivity contribution in [3.8, 4) is 16.9 Å². The fraction of sp³-hybridized carbons (Fsp3) is 0.280. The van der Waals surface area contributed by atoms with E-state index in [2.05, 4.69) is 15.7 Å². The van der Waals surface area contributed by atoms with Gasteiger partial charge in [-0.25, -0.2) is 17.8 Å². The molecule has 0 aliphatic carbocycles. The lowest BCUT2D eigenvalue weighted by molar-refractivity contribution is -0.141. The molecule has 0 radical (unpaired) electrons. The number of nitrogens with two attached hydrogens (primary N) is 1. The van der Waals surface area contributed by atoms with Crippen LogP contribution in [0, 0.1) is 12.3 Å². The van der Waals surface area contributed by atoms with E-state index in [1.54, 1.807) is 24.3 Å². The molecular formula is C25H28F3N7O4S. The molecule has 0 fully saturated rings. The number of alkyl halides is 3. The molecule has 1 aromatic heterocycles. The van der Waals surface area contributed by atoms with Crippen molar-refractivity contribution in [3.05, 3.63) is 65.9 Å². The Morgan fingerprint density at radius 2 is 1.77 bits per heavy atom. The van der Waals surface area contributed by atoms with E-state index in [-0.39, 0.29) is 35.1 Å². The quantitative estimate of drug-likeness (QED) is 0.0949. The minimum Gasteiger partial charge on any atom is -0.370 e. The maximum atomic E-state index is 13.4. The summed E-state index contributed by atoms with van der Waals surface area (Å²) in [6, 6.07) is 11.4. The van der Waals surface area contributed by atoms with E-state index in [1.165, 1.54) is 12.1 Å². The van der Waals surface area contributed by atoms with E-state index in [0.717, 1.165) is 28.4 Å². The van der Waals surface area contributed by atoms with E-state index in [0.29, 0.717) is 24.9 Å². The van der Waals surface area contributed by atoms with Gasteiger partial charge in [-0.15, -0.1) is 0 Å². The highest BCUT2D eigenvalue weighted by molar-refractivity contribution is 7.90. The topological polar surface area (TPSA) is 172 Å². The number of sulfonamides is 1. The van der Waals surface area contributed by atoms with Crippen LogP contribution in [0.4, 0.5) is 13.2 Å². The van der Waals surface area contributed by atoms with Gasteiger partial charge in [0.15, 0.2) is 11.7 Å². The first kappa shape index (κ1) is 30.1. The molecule has 214 valence electrons. The van der Waals surface area contributed by atoms with Crippen molar-refractivity contribution < 1.29 is 31.2 Å². The molecule has 3 aromatic rings. The van der Waals surface area contributed by atoms with Crippen LogP contribution < -0.4 is 21.1 Å². The van der Waals surface area contributed by atoms with Crippen LogP contribution in [0.3, 0.4) is 0 Å². The summed E-state index contributed by atoms with van der Waals surface area (Å²) in [5, 5.41) is 15.7. The van der Waals surface area contributed by atoms with Crippen molar-refractivity contribution in [2.75, 3.05) is 6.54 Å². The molecule has 40 heavy (non-hydrogen) atoms. The van der Waals surface area contributed by atoms with Gasteiger partial charge in [-0.1, -0.05) is 29.8 Å². The molecule has 11 nitrogen and oxygen atoms in total. The molecule has 0 saturated heterocycles. The molecule has 0 unspecified atom stereocenters. The molecule has 6 N–H and O–H groups in total. The third kappa shape index (κ3) is 7.81. The van der Waals surface area contributed by atoms with Gasteiger partial charge < -0.3 is 16.4 Å². The highest BCUT2D eigenvalue weighted by Gasteiger charge is 2.35. The van der Waals surface area contributed by atoms with Crippen LogP contribution in [0.15, 0.2) is 59.5 Å². The van der Waals surface area contributed by atoms with Crippen molar-refractivity contribution in [1.82, 2.24) is 25.1 Å². The normalized spacial score (nSPS) is 12.4. The number of aryl methyl sites for hydroxylation is 1. The number of rotatable bonds is 12. The lowest BCUT2D eigenvalue weighted by Gasteiger charge is -2.16. The average molecular weight is 580 g/mol. The van der Waals surface area contributed by atoms with Gasteiger partial charge >= 0.3 is 6.18 Å². The molecule has 0 aliphatic heterocycles. The van der Waals surface area contributed by atoms with E-state index in [4.69, 9.17) is 11.1 Å². The molecule has 0 spiro atoms. The Bertz CT molecular complexity index is 1460. The zero-order chi connectivity index (χ0) is 29.5. The van der Waals surface area contributed by atoms with Crippen LogP contribution in [-0.4, -0.2) is 49.1 Å². The SMILES string of the molecule is Cc1ccc(-c2cc(C(F)(F)F)nn2-c2ccc(S(=O)(=O)NC(=O)[C@H](CCCCNC(=N)N)NC=O)cc2)cc1. The number of nitrogens with one attached hydrogen (secondary N) is 4. The third-order valence-corrected chi connectivity index (χ3v) is 7.16. The number of amides is 2. The van der Waals surface area contributed by atoms with Crippen LogP contribution in [-0.2, 0) is 25.8 Å². The van der Waals surface area contributed by atoms with Crippen LogP contribution in [0.2, 0.25) is 0 Å². The zero-order valence-electron chi connectivity index (χ0n) is 21.3. The summed E-state index contributed by atoms with van der Waals surface area (Å²) >= 11 is 0. The van der Waals surface area contributed by atoms with Gasteiger partial charge in [-0.3, -0.25) is 15.0 Å². The minimum absolute atomic E-state index is 0.126. The number of aromatic nitrogens is 2. The summed E-state index contributed by atoms with van der Waals surface area (Å²) in [5.74, 6) is -1.17. The molecule has 2 amide bonds. The first-order valence-electron chi connectivity index (χ1n) is 12.0. The van der Waals surface area contributed by atoms with Crippen LogP contribution in [0.1, 0.15) is 30.5 Å². The second kappa shape index (κ2) is 12.6. The number of carbonyl (C=O) groups is 2. The van der Waals surface area contributed by atoms with Gasteiger partial charge in [-0.05, 0) is 56.5 Å². The molecule has 0 aliphatic rings. The lowest BCUT2D eigenvalue weighted by Crippen LogP contribution is -2.45. The Balaban J connectivity index is 1.80. The number of unbranched alkanes of at least 4 members (excludes halogenated alkanes) is 1. The van der Waals surface area contributed by atoms with Crippen LogP contribution >= 0.6 is 0 Å². The van der Waals surface area contributed by atoms with Gasteiger partial charge in [0, 0.05) is 12.1 Å². The largest absolute Gasteiger partial charge is 0.435 e. The average Bonchev–Trinajstić information content (AvgIpc) is 3.34. The number of benzene rings is 2. The Hall–Kier alpha value is -4.40. The molecule has 15 heteroatoms. The summed E-state index contributed by atoms with van der Waals surface area (Å²) in [6.07, 6.45) is -3.37. The standard InChI is InChI=1S/C25H28F3N7O4S/c1-16-5-7-17(8-6-16)21-14-22(25(26,27)28)33-35(21)18-9-11-19(12-10-18)40(38,39)34-23(37)20(32-15-36)4-2-3-13-31-24(29)30/h5-12,14-15,20H,2-4,13H2,1H3,(H,32,36)(H,34,37)(H4,29,30,31)/t20-/m0/s1. The molecule has 2 aromatic carbocycles. The second-order valence-corrected chi connectivity index (χ2v) is 10.5. The summed E-state index contributed by atoms with van der Waals surface area (Å²) in [4.78, 5) is 23.2. The highest BCUT2D eigenvalue weighted by atomic mass is 32.2. The summed E-state index contributed by atoms with van der Waals surface area (Å²) < 4.78 is 69.0. The number of hydrogen-bond donors (Lipinski definition) is 5. The van der Waals surface area contributed by atoms with E-state index < -0.39 is 33.8 Å². The molecule has 0 bridgehead atoms. The zero-order valence-corrected chi connectivity index (χ0v) is 22.1. The molecule has 0 saturated carbocycles. The van der Waals surface area contributed by atoms with Crippen molar-refractivity contribution in [2.24, 2.45) is 5.73 Å². The summed E-state index contributed by atoms with van der Waals surface area (Å²) in [6.45, 7) is 2.20. The Labute approximate surface area is 228 Å². The van der Waals surface area contributed by atoms with Gasteiger partial charge in [-0.2, -0.15) is 18.3 Å². The fourth-order valence-corrected chi connectivity index (χ4v) is 4.76. The predicted molar refractivity (Wildman–Crippen MR) is 141 cm³/mol. The second-order valence-electron chi connectivity index (χ2n) is 8.83. The van der Waals surface area contributed by atoms with Gasteiger partial charge in [0.25, 0.3) is 15.9 Å². The number of hydrogen-bond acceptors (Lipinski definition) is 6. The van der Waals surface area contributed by atoms with Crippen molar-refractivity contribution in [3.63, 3.8) is 0 Å². The van der Waals surface area contributed by atoms with Crippen LogP contribution in [0.5, 0.6) is 0 Å². The first-order valence-corrected chi connectivity index (χ1v) is 13.5. The van der Waals surface area contributed by atoms with Gasteiger partial charge in [0.1, 0.15) is 6.04 Å². The summed E-state index contributed by atoms with van der Waals surface area (Å²) in [7, 11) is -4.38. The Kier molecular flexibility index (Phi) is 9.52. The monoisotopic (exact) mass is 579 g/mol. The molecule has 1 heterocycles. The van der Waals surface area contributed by atoms with E-state index in [9.17, 15) is 31.2 Å². The molecule has 1 atom stereocenters. The highest BCUT2D eigenvalue weighted by Crippen LogP contribution is 2.33. The van der Waals surface area contributed by atoms with Crippen molar-refractivity contribution in [1.29, 1.82) is 5.41 Å². The fourth-order valence-electron chi connectivity index (χ4n) is 3.74. The minimum atomic E-state index is -4.70. The number of carbonyl (C=O) groups excluding carboxylic acids is 2. The number of nitrogens with zero attached hydrogens (tertiary/aromatic N) is 2. The predicted octanol–water partition coefficient (Wildman–Crippen LogP) is 2.44. The maximum Gasteiger partial charge on any atom is 0.435 e. The van der Waals surface area contributed by atoms with E-state index in [1.807, 2.05) is 11.6 Å².